The molecule has 0 spiro atoms. The maximum atomic E-state index is 12.4. The van der Waals surface area contributed by atoms with Crippen molar-refractivity contribution in [2.75, 3.05) is 7.11 Å². The first-order chi connectivity index (χ1) is 4.34. The van der Waals surface area contributed by atoms with E-state index in [1.54, 1.807) is 6.07 Å². The Morgan fingerprint density at radius 3 is 2.89 bits per heavy atom. The lowest BCUT2D eigenvalue weighted by molar-refractivity contribution is 0.386. The smallest absolute Gasteiger partial charge is 0.165 e. The average molecular weight is 125 g/mol. The summed E-state index contributed by atoms with van der Waals surface area (Å²) in [4.78, 5) is 0. The highest BCUT2D eigenvalue weighted by atomic mass is 19.1. The van der Waals surface area contributed by atoms with E-state index in [1.165, 1.54) is 19.2 Å². The minimum Gasteiger partial charge on any atom is -0.494 e. The van der Waals surface area contributed by atoms with Crippen molar-refractivity contribution in [3.05, 3.63) is 30.1 Å². The molecule has 0 aromatic heterocycles. The molecule has 1 aromatic carbocycles. The Morgan fingerprint density at radius 1 is 1.67 bits per heavy atom. The van der Waals surface area contributed by atoms with Gasteiger partial charge in [0.15, 0.2) is 11.6 Å². The summed E-state index contributed by atoms with van der Waals surface area (Å²) in [5.41, 5.74) is 0. The molecule has 1 nitrogen and oxygen atoms in total. The summed E-state index contributed by atoms with van der Waals surface area (Å²) in [6.45, 7) is 0. The van der Waals surface area contributed by atoms with E-state index in [9.17, 15) is 4.39 Å². The van der Waals surface area contributed by atoms with Crippen LogP contribution in [0.2, 0.25) is 0 Å². The molecule has 1 rings (SSSR count). The van der Waals surface area contributed by atoms with E-state index in [0.717, 1.165) is 0 Å². The molecule has 9 heavy (non-hydrogen) atoms. The zero-order valence-electron chi connectivity index (χ0n) is 5.02. The van der Waals surface area contributed by atoms with Gasteiger partial charge < -0.3 is 4.74 Å². The maximum Gasteiger partial charge on any atom is 0.165 e. The van der Waals surface area contributed by atoms with Crippen molar-refractivity contribution in [2.24, 2.45) is 0 Å². The maximum absolute atomic E-state index is 12.4. The van der Waals surface area contributed by atoms with Gasteiger partial charge >= 0.3 is 0 Å². The van der Waals surface area contributed by atoms with E-state index in [-0.39, 0.29) is 11.6 Å². The number of benzene rings is 1. The third-order valence-electron chi connectivity index (χ3n) is 0.996. The minimum atomic E-state index is -0.375. The third-order valence-corrected chi connectivity index (χ3v) is 0.996. The Hall–Kier alpha value is -1.05. The zero-order chi connectivity index (χ0) is 6.69. The first-order valence-electron chi connectivity index (χ1n) is 2.54. The Bertz CT molecular complexity index is 198. The van der Waals surface area contributed by atoms with Gasteiger partial charge in [-0.05, 0) is 18.2 Å². The van der Waals surface area contributed by atoms with Crippen molar-refractivity contribution in [3.63, 3.8) is 0 Å². The second-order valence-electron chi connectivity index (χ2n) is 1.56. The average Bonchev–Trinajstić information content (AvgIpc) is 1.89. The molecule has 0 amide bonds. The number of methoxy groups -OCH3 is 1. The summed E-state index contributed by atoms with van der Waals surface area (Å²) in [5, 5.41) is 0. The molecular formula is C7H6FO. The van der Waals surface area contributed by atoms with Crippen LogP contribution in [0.25, 0.3) is 0 Å². The van der Waals surface area contributed by atoms with Crippen molar-refractivity contribution in [1.29, 1.82) is 0 Å². The largest absolute Gasteiger partial charge is 0.494 e. The Balaban J connectivity index is 3.01. The van der Waals surface area contributed by atoms with Crippen LogP contribution in [0.1, 0.15) is 0 Å². The summed E-state index contributed by atoms with van der Waals surface area (Å²) < 4.78 is 17.1. The van der Waals surface area contributed by atoms with Crippen LogP contribution in [0.5, 0.6) is 5.75 Å². The van der Waals surface area contributed by atoms with E-state index in [1.807, 2.05) is 0 Å². The van der Waals surface area contributed by atoms with Crippen molar-refractivity contribution in [3.8, 4) is 5.75 Å². The topological polar surface area (TPSA) is 9.23 Å². The molecule has 0 saturated heterocycles. The highest BCUT2D eigenvalue weighted by molar-refractivity contribution is 5.22. The first kappa shape index (κ1) is 6.08. The van der Waals surface area contributed by atoms with Crippen LogP contribution < -0.4 is 4.74 Å². The molecule has 2 heteroatoms. The molecule has 0 fully saturated rings. The zero-order valence-corrected chi connectivity index (χ0v) is 5.02. The fraction of sp³-hybridized carbons (Fsp3) is 0.143. The fourth-order valence-corrected chi connectivity index (χ4v) is 0.561. The predicted octanol–water partition coefficient (Wildman–Crippen LogP) is 1.63. The van der Waals surface area contributed by atoms with Crippen molar-refractivity contribution < 1.29 is 9.13 Å². The molecule has 1 radical (unpaired) electrons. The molecule has 0 aliphatic rings. The van der Waals surface area contributed by atoms with Gasteiger partial charge in [-0.2, -0.15) is 0 Å². The van der Waals surface area contributed by atoms with Crippen LogP contribution in [0.3, 0.4) is 0 Å². The monoisotopic (exact) mass is 125 g/mol. The van der Waals surface area contributed by atoms with Crippen LogP contribution in [0.4, 0.5) is 4.39 Å². The Morgan fingerprint density at radius 2 is 2.44 bits per heavy atom. The standard InChI is InChI=1S/C7H6FO/c1-9-7-5-3-2-4-6(7)8/h3-5H,1H3. The Kier molecular flexibility index (Phi) is 1.68. The predicted molar refractivity (Wildman–Crippen MR) is 31.8 cm³/mol. The SMILES string of the molecule is COc1cc[c]cc1F. The second kappa shape index (κ2) is 2.49. The van der Waals surface area contributed by atoms with Crippen LogP contribution in [0, 0.1) is 11.9 Å². The summed E-state index contributed by atoms with van der Waals surface area (Å²) >= 11 is 0. The van der Waals surface area contributed by atoms with Gasteiger partial charge in [0.2, 0.25) is 0 Å². The van der Waals surface area contributed by atoms with Gasteiger partial charge in [0.05, 0.1) is 7.11 Å². The van der Waals surface area contributed by atoms with Gasteiger partial charge in [-0.25, -0.2) is 4.39 Å². The van der Waals surface area contributed by atoms with Crippen molar-refractivity contribution >= 4 is 0 Å². The lowest BCUT2D eigenvalue weighted by Crippen LogP contribution is -1.85. The van der Waals surface area contributed by atoms with Crippen LogP contribution in [-0.4, -0.2) is 7.11 Å². The highest BCUT2D eigenvalue weighted by Gasteiger charge is 1.95. The molecule has 0 N–H and O–H groups in total. The van der Waals surface area contributed by atoms with Gasteiger partial charge in [-0.1, -0.05) is 6.07 Å². The molecule has 0 aliphatic carbocycles. The Labute approximate surface area is 53.1 Å². The van der Waals surface area contributed by atoms with Gasteiger partial charge in [0.1, 0.15) is 0 Å². The van der Waals surface area contributed by atoms with E-state index >= 15 is 0 Å². The van der Waals surface area contributed by atoms with Crippen LogP contribution >= 0.6 is 0 Å². The van der Waals surface area contributed by atoms with Crippen molar-refractivity contribution in [1.82, 2.24) is 0 Å². The summed E-state index contributed by atoms with van der Waals surface area (Å²) in [5.74, 6) is -0.117. The number of rotatable bonds is 1. The molecule has 0 atom stereocenters. The molecule has 1 aromatic rings. The number of hydrogen-bond donors (Lipinski definition) is 0. The number of halogens is 1. The highest BCUT2D eigenvalue weighted by Crippen LogP contribution is 2.13. The van der Waals surface area contributed by atoms with Crippen LogP contribution in [0.15, 0.2) is 18.2 Å². The summed E-state index contributed by atoms with van der Waals surface area (Å²) in [7, 11) is 1.43. The quantitative estimate of drug-likeness (QED) is 0.554. The lowest BCUT2D eigenvalue weighted by Gasteiger charge is -1.97. The van der Waals surface area contributed by atoms with E-state index in [2.05, 4.69) is 10.8 Å². The molecule has 0 unspecified atom stereocenters. The van der Waals surface area contributed by atoms with Gasteiger partial charge in [0, 0.05) is 0 Å². The van der Waals surface area contributed by atoms with Gasteiger partial charge in [-0.15, -0.1) is 0 Å². The summed E-state index contributed by atoms with van der Waals surface area (Å²) in [6, 6.07) is 6.94. The number of hydrogen-bond acceptors (Lipinski definition) is 1. The normalized spacial score (nSPS) is 9.11. The second-order valence-corrected chi connectivity index (χ2v) is 1.56. The van der Waals surface area contributed by atoms with Gasteiger partial charge in [0.25, 0.3) is 0 Å². The lowest BCUT2D eigenvalue weighted by atomic mass is 10.3. The molecular weight excluding hydrogens is 119 g/mol. The molecule has 47 valence electrons. The van der Waals surface area contributed by atoms with Crippen LogP contribution in [-0.2, 0) is 0 Å². The van der Waals surface area contributed by atoms with E-state index < -0.39 is 0 Å². The number of ether oxygens (including phenoxy) is 1. The third kappa shape index (κ3) is 1.19. The first-order valence-corrected chi connectivity index (χ1v) is 2.54. The fourth-order valence-electron chi connectivity index (χ4n) is 0.561. The summed E-state index contributed by atoms with van der Waals surface area (Å²) in [6.07, 6.45) is 0. The molecule has 0 bridgehead atoms. The van der Waals surface area contributed by atoms with E-state index in [0.29, 0.717) is 0 Å². The molecule has 0 aliphatic heterocycles. The molecule has 0 saturated carbocycles. The van der Waals surface area contributed by atoms with E-state index in [4.69, 9.17) is 0 Å². The van der Waals surface area contributed by atoms with Crippen molar-refractivity contribution in [2.45, 2.75) is 0 Å². The minimum absolute atomic E-state index is 0.258. The van der Waals surface area contributed by atoms with Gasteiger partial charge in [-0.3, -0.25) is 0 Å². The molecule has 0 heterocycles.